The summed E-state index contributed by atoms with van der Waals surface area (Å²) in [4.78, 5) is 22.4. The lowest BCUT2D eigenvalue weighted by atomic mass is 10.1. The van der Waals surface area contributed by atoms with Crippen LogP contribution in [0.25, 0.3) is 10.9 Å². The molecule has 9 heteroatoms. The molecular formula is C14H13N5O4. The summed E-state index contributed by atoms with van der Waals surface area (Å²) in [6.45, 7) is 0.00389. The molecule has 118 valence electrons. The minimum Gasteiger partial charge on any atom is -0.386 e. The van der Waals surface area contributed by atoms with Crippen LogP contribution in [-0.2, 0) is 13.6 Å². The first-order valence-corrected chi connectivity index (χ1v) is 6.77. The maximum atomic E-state index is 12.1. The van der Waals surface area contributed by atoms with E-state index in [0.29, 0.717) is 16.5 Å². The van der Waals surface area contributed by atoms with E-state index < -0.39 is 11.0 Å². The van der Waals surface area contributed by atoms with Crippen LogP contribution in [-0.4, -0.2) is 29.6 Å². The number of aliphatic hydroxyl groups excluding tert-OH is 1. The smallest absolute Gasteiger partial charge is 0.292 e. The molecule has 0 fully saturated rings. The lowest BCUT2D eigenvalue weighted by Crippen LogP contribution is -2.22. The molecule has 1 aromatic carbocycles. The van der Waals surface area contributed by atoms with Gasteiger partial charge in [-0.2, -0.15) is 10.2 Å². The predicted molar refractivity (Wildman–Crippen MR) is 80.8 cm³/mol. The Labute approximate surface area is 129 Å². The van der Waals surface area contributed by atoms with Gasteiger partial charge in [-0.25, -0.2) is 4.68 Å². The van der Waals surface area contributed by atoms with Gasteiger partial charge in [0.25, 0.3) is 11.2 Å². The number of non-ortho nitro benzene ring substituents is 1. The lowest BCUT2D eigenvalue weighted by Gasteiger charge is -2.11. The number of aryl methyl sites for hydroxylation is 1. The average Bonchev–Trinajstić information content (AvgIpc) is 2.94. The Morgan fingerprint density at radius 2 is 2.09 bits per heavy atom. The van der Waals surface area contributed by atoms with Crippen molar-refractivity contribution < 1.29 is 10.0 Å². The quantitative estimate of drug-likeness (QED) is 0.561. The molecule has 0 aliphatic heterocycles. The first-order chi connectivity index (χ1) is 11.0. The summed E-state index contributed by atoms with van der Waals surface area (Å²) >= 11 is 0. The maximum Gasteiger partial charge on any atom is 0.292 e. The zero-order valence-corrected chi connectivity index (χ0v) is 12.2. The summed E-state index contributed by atoms with van der Waals surface area (Å²) in [5, 5.41) is 29.7. The molecule has 1 unspecified atom stereocenters. The Hall–Kier alpha value is -3.07. The molecule has 0 saturated heterocycles. The molecule has 0 radical (unpaired) electrons. The number of aliphatic hydroxyl groups is 1. The van der Waals surface area contributed by atoms with Crippen LogP contribution in [0.5, 0.6) is 0 Å². The number of fused-ring (bicyclic) bond motifs is 1. The van der Waals surface area contributed by atoms with Crippen LogP contribution < -0.4 is 5.56 Å². The van der Waals surface area contributed by atoms with Crippen molar-refractivity contribution in [1.82, 2.24) is 19.6 Å². The molecule has 0 aliphatic rings. The van der Waals surface area contributed by atoms with E-state index in [0.717, 1.165) is 0 Å². The van der Waals surface area contributed by atoms with Gasteiger partial charge in [0.05, 0.1) is 30.0 Å². The third kappa shape index (κ3) is 2.69. The first-order valence-electron chi connectivity index (χ1n) is 6.77. The Morgan fingerprint density at radius 1 is 1.35 bits per heavy atom. The van der Waals surface area contributed by atoms with Gasteiger partial charge in [-0.05, 0) is 5.56 Å². The number of nitrogens with zero attached hydrogens (tertiary/aromatic N) is 5. The number of aromatic nitrogens is 4. The molecule has 1 atom stereocenters. The molecule has 1 N–H and O–H groups in total. The van der Waals surface area contributed by atoms with E-state index >= 15 is 0 Å². The standard InChI is InChI=1S/C14H13N5O4/c1-17-14(21)13-10(6-15-17)7-16-18(13)8-12(20)9-3-2-4-11(5-9)19(22)23/h2-7,12,20H,8H2,1H3. The van der Waals surface area contributed by atoms with Crippen LogP contribution in [0.15, 0.2) is 41.5 Å². The number of nitro groups is 1. The molecule has 3 rings (SSSR count). The van der Waals surface area contributed by atoms with Gasteiger partial charge in [-0.1, -0.05) is 12.1 Å². The van der Waals surface area contributed by atoms with E-state index in [-0.39, 0.29) is 17.8 Å². The fourth-order valence-corrected chi connectivity index (χ4v) is 2.34. The van der Waals surface area contributed by atoms with Crippen molar-refractivity contribution in [2.24, 2.45) is 7.05 Å². The molecule has 3 aromatic rings. The SMILES string of the molecule is Cn1ncc2cnn(CC(O)c3cccc([N+](=O)[O-])c3)c2c1=O. The van der Waals surface area contributed by atoms with Gasteiger partial charge in [0.1, 0.15) is 5.52 Å². The molecular weight excluding hydrogens is 302 g/mol. The van der Waals surface area contributed by atoms with E-state index in [1.165, 1.54) is 47.0 Å². The van der Waals surface area contributed by atoms with Crippen LogP contribution in [0.2, 0.25) is 0 Å². The van der Waals surface area contributed by atoms with Crippen molar-refractivity contribution in [3.8, 4) is 0 Å². The zero-order chi connectivity index (χ0) is 16.6. The summed E-state index contributed by atoms with van der Waals surface area (Å²) in [7, 11) is 1.52. The van der Waals surface area contributed by atoms with Crippen molar-refractivity contribution in [2.45, 2.75) is 12.6 Å². The molecule has 23 heavy (non-hydrogen) atoms. The molecule has 0 amide bonds. The zero-order valence-electron chi connectivity index (χ0n) is 12.2. The summed E-state index contributed by atoms with van der Waals surface area (Å²) in [5.74, 6) is 0. The van der Waals surface area contributed by atoms with Crippen molar-refractivity contribution in [3.63, 3.8) is 0 Å². The van der Waals surface area contributed by atoms with Crippen molar-refractivity contribution >= 4 is 16.6 Å². The van der Waals surface area contributed by atoms with Gasteiger partial charge >= 0.3 is 0 Å². The minimum atomic E-state index is -1.03. The normalized spacial score (nSPS) is 12.4. The summed E-state index contributed by atoms with van der Waals surface area (Å²) in [6, 6.07) is 5.74. The summed E-state index contributed by atoms with van der Waals surface area (Å²) < 4.78 is 2.56. The topological polar surface area (TPSA) is 116 Å². The van der Waals surface area contributed by atoms with Gasteiger partial charge in [0, 0.05) is 24.6 Å². The van der Waals surface area contributed by atoms with Crippen molar-refractivity contribution in [3.05, 3.63) is 62.7 Å². The molecule has 2 heterocycles. The number of rotatable bonds is 4. The fourth-order valence-electron chi connectivity index (χ4n) is 2.34. The predicted octanol–water partition coefficient (Wildman–Crippen LogP) is 0.772. The molecule has 0 bridgehead atoms. The highest BCUT2D eigenvalue weighted by Crippen LogP contribution is 2.21. The second-order valence-corrected chi connectivity index (χ2v) is 5.07. The third-order valence-corrected chi connectivity index (χ3v) is 3.55. The average molecular weight is 315 g/mol. The van der Waals surface area contributed by atoms with Crippen molar-refractivity contribution in [1.29, 1.82) is 0 Å². The number of hydrogen-bond donors (Lipinski definition) is 1. The Morgan fingerprint density at radius 3 is 2.83 bits per heavy atom. The lowest BCUT2D eigenvalue weighted by molar-refractivity contribution is -0.385. The van der Waals surface area contributed by atoms with Gasteiger partial charge in [-0.15, -0.1) is 0 Å². The molecule has 0 saturated carbocycles. The number of hydrogen-bond acceptors (Lipinski definition) is 6. The second kappa shape index (κ2) is 5.61. The van der Waals surface area contributed by atoms with Gasteiger partial charge in [0.2, 0.25) is 0 Å². The van der Waals surface area contributed by atoms with E-state index in [1.807, 2.05) is 0 Å². The second-order valence-electron chi connectivity index (χ2n) is 5.07. The third-order valence-electron chi connectivity index (χ3n) is 3.55. The monoisotopic (exact) mass is 315 g/mol. The number of benzene rings is 1. The molecule has 0 spiro atoms. The highest BCUT2D eigenvalue weighted by molar-refractivity contribution is 5.76. The highest BCUT2D eigenvalue weighted by Gasteiger charge is 2.16. The highest BCUT2D eigenvalue weighted by atomic mass is 16.6. The molecule has 2 aromatic heterocycles. The van der Waals surface area contributed by atoms with Crippen LogP contribution in [0.1, 0.15) is 11.7 Å². The van der Waals surface area contributed by atoms with E-state index in [1.54, 1.807) is 6.07 Å². The van der Waals surface area contributed by atoms with E-state index in [9.17, 15) is 20.0 Å². The van der Waals surface area contributed by atoms with Crippen LogP contribution >= 0.6 is 0 Å². The Balaban J connectivity index is 1.96. The molecule has 0 aliphatic carbocycles. The van der Waals surface area contributed by atoms with E-state index in [4.69, 9.17) is 0 Å². The number of nitro benzene ring substituents is 1. The van der Waals surface area contributed by atoms with Crippen LogP contribution in [0.4, 0.5) is 5.69 Å². The van der Waals surface area contributed by atoms with Crippen LogP contribution in [0, 0.1) is 10.1 Å². The Bertz CT molecular complexity index is 946. The Kier molecular flexibility index (Phi) is 3.62. The van der Waals surface area contributed by atoms with Crippen molar-refractivity contribution in [2.75, 3.05) is 0 Å². The van der Waals surface area contributed by atoms with E-state index in [2.05, 4.69) is 10.2 Å². The van der Waals surface area contributed by atoms with Gasteiger partial charge in [-0.3, -0.25) is 19.6 Å². The largest absolute Gasteiger partial charge is 0.386 e. The maximum absolute atomic E-state index is 12.1. The van der Waals surface area contributed by atoms with Gasteiger partial charge < -0.3 is 5.11 Å². The van der Waals surface area contributed by atoms with Crippen LogP contribution in [0.3, 0.4) is 0 Å². The molecule has 9 nitrogen and oxygen atoms in total. The summed E-state index contributed by atoms with van der Waals surface area (Å²) in [6.07, 6.45) is 1.97. The summed E-state index contributed by atoms with van der Waals surface area (Å²) in [5.41, 5.74) is 0.277. The minimum absolute atomic E-state index is 0.00389. The van der Waals surface area contributed by atoms with Gasteiger partial charge in [0.15, 0.2) is 0 Å². The fraction of sp³-hybridized carbons (Fsp3) is 0.214. The first kappa shape index (κ1) is 14.9.